The molecule has 1 amide bonds. The fraction of sp³-hybridized carbons (Fsp3) is 0.500. The zero-order valence-corrected chi connectivity index (χ0v) is 16.1. The summed E-state index contributed by atoms with van der Waals surface area (Å²) in [5.74, 6) is 2.00. The number of fused-ring (bicyclic) bond motifs is 1. The van der Waals surface area contributed by atoms with Crippen LogP contribution < -0.4 is 0 Å². The SMILES string of the molecule is O=C(c1coc(Cn2cnc3ccccc32)n1)N1CC[C@H](C2CCCCC2)C1. The van der Waals surface area contributed by atoms with Crippen LogP contribution in [0.1, 0.15) is 54.9 Å². The molecule has 2 aromatic heterocycles. The standard InChI is InChI=1S/C22H26N4O2/c27-22(25-11-10-17(12-25)16-6-2-1-3-7-16)19-14-28-21(24-19)13-26-15-23-18-8-4-5-9-20(18)26/h4-5,8-9,14-17H,1-3,6-7,10-13H2/t17-/m0/s1. The molecule has 1 atom stereocenters. The smallest absolute Gasteiger partial charge is 0.275 e. The number of oxazole rings is 1. The number of carbonyl (C=O) groups is 1. The number of likely N-dealkylation sites (tertiary alicyclic amines) is 1. The first-order valence-corrected chi connectivity index (χ1v) is 10.4. The van der Waals surface area contributed by atoms with Crippen LogP contribution in [0.2, 0.25) is 0 Å². The van der Waals surface area contributed by atoms with Gasteiger partial charge < -0.3 is 13.9 Å². The van der Waals surface area contributed by atoms with Gasteiger partial charge in [-0.25, -0.2) is 9.97 Å². The Kier molecular flexibility index (Phi) is 4.63. The Morgan fingerprint density at radius 2 is 1.96 bits per heavy atom. The van der Waals surface area contributed by atoms with Gasteiger partial charge in [-0.15, -0.1) is 0 Å². The van der Waals surface area contributed by atoms with Gasteiger partial charge in [-0.2, -0.15) is 0 Å². The first-order chi connectivity index (χ1) is 13.8. The van der Waals surface area contributed by atoms with Gasteiger partial charge in [0.2, 0.25) is 5.89 Å². The highest BCUT2D eigenvalue weighted by atomic mass is 16.3. The molecule has 5 rings (SSSR count). The van der Waals surface area contributed by atoms with Gasteiger partial charge >= 0.3 is 0 Å². The minimum absolute atomic E-state index is 0.00352. The van der Waals surface area contributed by atoms with Crippen molar-refractivity contribution in [2.45, 2.75) is 45.1 Å². The van der Waals surface area contributed by atoms with E-state index in [1.165, 1.54) is 38.4 Å². The van der Waals surface area contributed by atoms with Crippen LogP contribution in [0.4, 0.5) is 0 Å². The largest absolute Gasteiger partial charge is 0.446 e. The average molecular weight is 378 g/mol. The van der Waals surface area contributed by atoms with Crippen LogP contribution in [0, 0.1) is 11.8 Å². The Morgan fingerprint density at radius 1 is 1.11 bits per heavy atom. The second kappa shape index (κ2) is 7.41. The summed E-state index contributed by atoms with van der Waals surface area (Å²) in [4.78, 5) is 23.7. The maximum Gasteiger partial charge on any atom is 0.275 e. The zero-order chi connectivity index (χ0) is 18.9. The molecule has 2 fully saturated rings. The zero-order valence-electron chi connectivity index (χ0n) is 16.1. The number of rotatable bonds is 4. The minimum Gasteiger partial charge on any atom is -0.446 e. The van der Waals surface area contributed by atoms with Crippen molar-refractivity contribution < 1.29 is 9.21 Å². The van der Waals surface area contributed by atoms with E-state index < -0.39 is 0 Å². The second-order valence-corrected chi connectivity index (χ2v) is 8.19. The van der Waals surface area contributed by atoms with Gasteiger partial charge in [0.05, 0.1) is 17.4 Å². The Balaban J connectivity index is 1.25. The monoisotopic (exact) mass is 378 g/mol. The van der Waals surface area contributed by atoms with Gasteiger partial charge in [0.15, 0.2) is 5.69 Å². The third-order valence-electron chi connectivity index (χ3n) is 6.43. The van der Waals surface area contributed by atoms with Gasteiger partial charge in [-0.1, -0.05) is 44.2 Å². The molecular weight excluding hydrogens is 352 g/mol. The van der Waals surface area contributed by atoms with Gasteiger partial charge in [0, 0.05) is 13.1 Å². The molecule has 1 aliphatic heterocycles. The van der Waals surface area contributed by atoms with Crippen molar-refractivity contribution in [3.05, 3.63) is 48.4 Å². The summed E-state index contributed by atoms with van der Waals surface area (Å²) >= 11 is 0. The fourth-order valence-electron chi connectivity index (χ4n) is 4.89. The number of benzene rings is 1. The maximum absolute atomic E-state index is 12.9. The van der Waals surface area contributed by atoms with Crippen molar-refractivity contribution in [3.8, 4) is 0 Å². The van der Waals surface area contributed by atoms with Crippen molar-refractivity contribution in [3.63, 3.8) is 0 Å². The predicted octanol–water partition coefficient (Wildman–Crippen LogP) is 4.12. The third kappa shape index (κ3) is 3.32. The van der Waals surface area contributed by atoms with E-state index in [0.29, 0.717) is 24.0 Å². The molecule has 146 valence electrons. The summed E-state index contributed by atoms with van der Waals surface area (Å²) < 4.78 is 7.59. The molecule has 3 heterocycles. The van der Waals surface area contributed by atoms with E-state index in [0.717, 1.165) is 36.5 Å². The van der Waals surface area contributed by atoms with Crippen LogP contribution >= 0.6 is 0 Å². The highest BCUT2D eigenvalue weighted by Crippen LogP contribution is 2.35. The van der Waals surface area contributed by atoms with Crippen molar-refractivity contribution in [1.82, 2.24) is 19.4 Å². The number of nitrogens with zero attached hydrogens (tertiary/aromatic N) is 4. The highest BCUT2D eigenvalue weighted by molar-refractivity contribution is 5.92. The lowest BCUT2D eigenvalue weighted by Gasteiger charge is -2.27. The molecular formula is C22H26N4O2. The maximum atomic E-state index is 12.9. The average Bonchev–Trinajstić information content (AvgIpc) is 3.49. The Labute approximate surface area is 164 Å². The fourth-order valence-corrected chi connectivity index (χ4v) is 4.89. The lowest BCUT2D eigenvalue weighted by Crippen LogP contribution is -2.30. The van der Waals surface area contributed by atoms with E-state index in [2.05, 4.69) is 9.97 Å². The number of amides is 1. The quantitative estimate of drug-likeness (QED) is 0.685. The summed E-state index contributed by atoms with van der Waals surface area (Å²) in [5, 5.41) is 0. The van der Waals surface area contributed by atoms with Crippen LogP contribution in [0.15, 0.2) is 41.3 Å². The predicted molar refractivity (Wildman–Crippen MR) is 106 cm³/mol. The molecule has 0 radical (unpaired) electrons. The molecule has 0 bridgehead atoms. The Hall–Kier alpha value is -2.63. The summed E-state index contributed by atoms with van der Waals surface area (Å²) in [7, 11) is 0. The Bertz CT molecular complexity index is 970. The van der Waals surface area contributed by atoms with Crippen LogP contribution in [0.5, 0.6) is 0 Å². The van der Waals surface area contributed by atoms with Gasteiger partial charge in [0.25, 0.3) is 5.91 Å². The Morgan fingerprint density at radius 3 is 2.86 bits per heavy atom. The summed E-state index contributed by atoms with van der Waals surface area (Å²) in [6.45, 7) is 2.19. The normalized spacial score (nSPS) is 20.9. The molecule has 3 aromatic rings. The van der Waals surface area contributed by atoms with Crippen molar-refractivity contribution in [2.24, 2.45) is 11.8 Å². The first-order valence-electron chi connectivity index (χ1n) is 10.4. The van der Waals surface area contributed by atoms with Crippen molar-refractivity contribution >= 4 is 16.9 Å². The van der Waals surface area contributed by atoms with Crippen molar-refractivity contribution in [1.29, 1.82) is 0 Å². The molecule has 1 aliphatic carbocycles. The molecule has 1 saturated heterocycles. The molecule has 0 unspecified atom stereocenters. The van der Waals surface area contributed by atoms with E-state index in [-0.39, 0.29) is 5.91 Å². The number of hydrogen-bond donors (Lipinski definition) is 0. The first kappa shape index (κ1) is 17.5. The van der Waals surface area contributed by atoms with E-state index in [4.69, 9.17) is 4.42 Å². The summed E-state index contributed by atoms with van der Waals surface area (Å²) in [6, 6.07) is 7.96. The number of imidazole rings is 1. The third-order valence-corrected chi connectivity index (χ3v) is 6.43. The van der Waals surface area contributed by atoms with Crippen LogP contribution in [-0.4, -0.2) is 38.4 Å². The summed E-state index contributed by atoms with van der Waals surface area (Å²) in [6.07, 6.45) is 11.2. The lowest BCUT2D eigenvalue weighted by atomic mass is 9.80. The topological polar surface area (TPSA) is 64.2 Å². The van der Waals surface area contributed by atoms with E-state index in [1.807, 2.05) is 33.7 Å². The highest BCUT2D eigenvalue weighted by Gasteiger charge is 2.33. The molecule has 28 heavy (non-hydrogen) atoms. The van der Waals surface area contributed by atoms with Crippen molar-refractivity contribution in [2.75, 3.05) is 13.1 Å². The van der Waals surface area contributed by atoms with Gasteiger partial charge in [-0.05, 0) is 30.4 Å². The van der Waals surface area contributed by atoms with E-state index >= 15 is 0 Å². The number of carbonyl (C=O) groups excluding carboxylic acids is 1. The molecule has 6 heteroatoms. The van der Waals surface area contributed by atoms with Gasteiger partial charge in [-0.3, -0.25) is 4.79 Å². The van der Waals surface area contributed by atoms with Gasteiger partial charge in [0.1, 0.15) is 12.8 Å². The number of hydrogen-bond acceptors (Lipinski definition) is 4. The van der Waals surface area contributed by atoms with Crippen LogP contribution in [-0.2, 0) is 6.54 Å². The van der Waals surface area contributed by atoms with Crippen LogP contribution in [0.3, 0.4) is 0 Å². The van der Waals surface area contributed by atoms with E-state index in [9.17, 15) is 4.79 Å². The van der Waals surface area contributed by atoms with E-state index in [1.54, 1.807) is 6.33 Å². The molecule has 1 saturated carbocycles. The molecule has 0 N–H and O–H groups in total. The van der Waals surface area contributed by atoms with Crippen LogP contribution in [0.25, 0.3) is 11.0 Å². The molecule has 2 aliphatic rings. The molecule has 0 spiro atoms. The second-order valence-electron chi connectivity index (χ2n) is 8.19. The lowest BCUT2D eigenvalue weighted by molar-refractivity contribution is 0.0774. The summed E-state index contributed by atoms with van der Waals surface area (Å²) in [5.41, 5.74) is 2.39. The number of para-hydroxylation sites is 2. The molecule has 6 nitrogen and oxygen atoms in total. The molecule has 1 aromatic carbocycles. The number of aromatic nitrogens is 3. The minimum atomic E-state index is 0.00352.